The summed E-state index contributed by atoms with van der Waals surface area (Å²) in [5.74, 6) is -1.35. The van der Waals surface area contributed by atoms with E-state index in [0.717, 1.165) is 11.3 Å². The molecule has 5 rings (SSSR count). The number of fused-ring (bicyclic) bond motifs is 1. The van der Waals surface area contributed by atoms with E-state index in [1.807, 2.05) is 0 Å². The van der Waals surface area contributed by atoms with E-state index < -0.39 is 29.5 Å². The third kappa shape index (κ3) is 5.79. The van der Waals surface area contributed by atoms with Gasteiger partial charge in [0.05, 0.1) is 11.6 Å². The highest BCUT2D eigenvalue weighted by atomic mass is 32.1. The van der Waals surface area contributed by atoms with Crippen molar-refractivity contribution in [1.82, 2.24) is 25.1 Å². The van der Waals surface area contributed by atoms with Gasteiger partial charge in [-0.1, -0.05) is 11.3 Å². The Balaban J connectivity index is 1.27. The SMILES string of the molecule is CC(C(N)=O)N(c1ccc(F)cc1)c1nc(N)c(C(=O)c2ccc(OCC(=O)Nc3ncnc4[nH]ncc34)cc2)s1. The second kappa shape index (κ2) is 11.4. The summed E-state index contributed by atoms with van der Waals surface area (Å²) >= 11 is 0.973. The van der Waals surface area contributed by atoms with Crippen LogP contribution in [0.2, 0.25) is 0 Å². The first kappa shape index (κ1) is 27.1. The first-order valence-electron chi connectivity index (χ1n) is 12.0. The molecule has 0 aliphatic heterocycles. The van der Waals surface area contributed by atoms with Crippen molar-refractivity contribution in [1.29, 1.82) is 0 Å². The van der Waals surface area contributed by atoms with E-state index in [4.69, 9.17) is 16.2 Å². The Kier molecular flexibility index (Phi) is 7.51. The van der Waals surface area contributed by atoms with Crippen molar-refractivity contribution in [3.05, 3.63) is 77.3 Å². The lowest BCUT2D eigenvalue weighted by atomic mass is 10.1. The number of hydrogen-bond donors (Lipinski definition) is 4. The lowest BCUT2D eigenvalue weighted by Gasteiger charge is -2.26. The number of nitrogens with one attached hydrogen (secondary N) is 2. The fourth-order valence-electron chi connectivity index (χ4n) is 3.83. The number of ether oxygens (including phenoxy) is 1. The molecular formula is C26H22FN9O4S. The summed E-state index contributed by atoms with van der Waals surface area (Å²) < 4.78 is 19.0. The van der Waals surface area contributed by atoms with Crippen molar-refractivity contribution >= 4 is 62.4 Å². The van der Waals surface area contributed by atoms with Crippen LogP contribution in [0, 0.1) is 5.82 Å². The second-order valence-corrected chi connectivity index (χ2v) is 9.66. The Morgan fingerprint density at radius 2 is 1.85 bits per heavy atom. The first-order chi connectivity index (χ1) is 19.7. The van der Waals surface area contributed by atoms with Crippen LogP contribution in [0.5, 0.6) is 5.75 Å². The summed E-state index contributed by atoms with van der Waals surface area (Å²) in [5, 5.41) is 10.00. The van der Waals surface area contributed by atoms with Crippen LogP contribution in [0.25, 0.3) is 11.0 Å². The zero-order valence-corrected chi connectivity index (χ0v) is 22.2. The van der Waals surface area contributed by atoms with E-state index in [0.29, 0.717) is 33.9 Å². The second-order valence-electron chi connectivity index (χ2n) is 8.68. The van der Waals surface area contributed by atoms with Crippen molar-refractivity contribution < 1.29 is 23.5 Å². The molecule has 1 atom stereocenters. The average Bonchev–Trinajstić information content (AvgIpc) is 3.60. The molecule has 3 heterocycles. The van der Waals surface area contributed by atoms with Gasteiger partial charge in [0, 0.05) is 11.3 Å². The number of thiazole rings is 1. The van der Waals surface area contributed by atoms with Crippen LogP contribution in [-0.2, 0) is 9.59 Å². The normalized spacial score (nSPS) is 11.7. The number of amides is 2. The number of aromatic amines is 1. The highest BCUT2D eigenvalue weighted by molar-refractivity contribution is 7.18. The predicted molar refractivity (Wildman–Crippen MR) is 149 cm³/mol. The molecule has 2 amide bonds. The maximum Gasteiger partial charge on any atom is 0.263 e. The van der Waals surface area contributed by atoms with Gasteiger partial charge in [-0.2, -0.15) is 5.10 Å². The number of halogens is 1. The third-order valence-electron chi connectivity index (χ3n) is 5.95. The van der Waals surface area contributed by atoms with Gasteiger partial charge in [0.15, 0.2) is 17.4 Å². The molecule has 5 aromatic rings. The number of anilines is 4. The number of primary amides is 1. The maximum absolute atomic E-state index is 13.5. The number of nitrogens with zero attached hydrogens (tertiary/aromatic N) is 5. The first-order valence-corrected chi connectivity index (χ1v) is 12.8. The molecule has 0 spiro atoms. The van der Waals surface area contributed by atoms with Crippen LogP contribution in [0.15, 0.2) is 61.1 Å². The highest BCUT2D eigenvalue weighted by Gasteiger charge is 2.27. The minimum atomic E-state index is -0.859. The molecule has 0 saturated carbocycles. The number of ketones is 1. The van der Waals surface area contributed by atoms with Gasteiger partial charge in [0.1, 0.15) is 40.4 Å². The molecule has 208 valence electrons. The summed E-state index contributed by atoms with van der Waals surface area (Å²) in [5.41, 5.74) is 12.8. The van der Waals surface area contributed by atoms with Gasteiger partial charge in [0.2, 0.25) is 11.7 Å². The molecule has 0 fully saturated rings. The number of nitrogen functional groups attached to an aromatic ring is 1. The molecule has 6 N–H and O–H groups in total. The number of carbonyl (C=O) groups is 3. The minimum Gasteiger partial charge on any atom is -0.484 e. The van der Waals surface area contributed by atoms with Gasteiger partial charge >= 0.3 is 0 Å². The van der Waals surface area contributed by atoms with Crippen LogP contribution in [0.1, 0.15) is 22.2 Å². The predicted octanol–water partition coefficient (Wildman–Crippen LogP) is 2.79. The van der Waals surface area contributed by atoms with Crippen LogP contribution >= 0.6 is 11.3 Å². The number of aromatic nitrogens is 5. The van der Waals surface area contributed by atoms with Crippen LogP contribution < -0.4 is 26.4 Å². The third-order valence-corrected chi connectivity index (χ3v) is 7.02. The minimum absolute atomic E-state index is 0.0350. The summed E-state index contributed by atoms with van der Waals surface area (Å²) in [6.45, 7) is 1.26. The van der Waals surface area contributed by atoms with Crippen LogP contribution in [0.4, 0.5) is 26.8 Å². The molecule has 0 aliphatic carbocycles. The van der Waals surface area contributed by atoms with Gasteiger partial charge in [-0.15, -0.1) is 0 Å². The van der Waals surface area contributed by atoms with Crippen molar-refractivity contribution in [3.8, 4) is 5.75 Å². The summed E-state index contributed by atoms with van der Waals surface area (Å²) in [4.78, 5) is 51.6. The number of H-pyrrole nitrogens is 1. The molecule has 0 bridgehead atoms. The van der Waals surface area contributed by atoms with E-state index >= 15 is 0 Å². The van der Waals surface area contributed by atoms with E-state index in [1.165, 1.54) is 66.0 Å². The van der Waals surface area contributed by atoms with Crippen molar-refractivity contribution in [3.63, 3.8) is 0 Å². The lowest BCUT2D eigenvalue weighted by Crippen LogP contribution is -2.39. The largest absolute Gasteiger partial charge is 0.484 e. The standard InChI is InChI=1S/C26H22FN9O4S/c1-13(23(29)39)36(16-6-4-15(27)5-7-16)26-34-22(28)21(41-26)20(38)14-2-8-17(9-3-14)40-11-19(37)33-24-18-10-32-35-25(18)31-12-30-24/h2-10,12-13H,11,28H2,1H3,(H2,29,39)(H2,30,31,32,33,35,37). The van der Waals surface area contributed by atoms with Gasteiger partial charge in [-0.25, -0.2) is 19.3 Å². The van der Waals surface area contributed by atoms with E-state index in [9.17, 15) is 18.8 Å². The molecular weight excluding hydrogens is 553 g/mol. The Hall–Kier alpha value is -5.44. The molecule has 3 aromatic heterocycles. The van der Waals surface area contributed by atoms with E-state index in [1.54, 1.807) is 6.92 Å². The van der Waals surface area contributed by atoms with Crippen molar-refractivity contribution in [2.45, 2.75) is 13.0 Å². The van der Waals surface area contributed by atoms with E-state index in [-0.39, 0.29) is 22.4 Å². The van der Waals surface area contributed by atoms with E-state index in [2.05, 4.69) is 30.5 Å². The van der Waals surface area contributed by atoms with Gasteiger partial charge < -0.3 is 26.4 Å². The van der Waals surface area contributed by atoms with Gasteiger partial charge in [0.25, 0.3) is 5.91 Å². The molecule has 1 unspecified atom stereocenters. The monoisotopic (exact) mass is 575 g/mol. The molecule has 2 aromatic carbocycles. The average molecular weight is 576 g/mol. The maximum atomic E-state index is 13.5. The number of hydrogen-bond acceptors (Lipinski definition) is 11. The molecule has 15 heteroatoms. The molecule has 13 nitrogen and oxygen atoms in total. The Bertz CT molecular complexity index is 1740. The summed E-state index contributed by atoms with van der Waals surface area (Å²) in [6.07, 6.45) is 2.79. The molecule has 41 heavy (non-hydrogen) atoms. The Labute approximate surface area is 235 Å². The van der Waals surface area contributed by atoms with Gasteiger partial charge in [-0.05, 0) is 55.5 Å². The summed E-state index contributed by atoms with van der Waals surface area (Å²) in [6, 6.07) is 10.7. The number of benzene rings is 2. The smallest absolute Gasteiger partial charge is 0.263 e. The zero-order chi connectivity index (χ0) is 29.1. The van der Waals surface area contributed by atoms with Crippen molar-refractivity contribution in [2.24, 2.45) is 5.73 Å². The molecule has 0 radical (unpaired) electrons. The number of rotatable bonds is 10. The molecule has 0 saturated heterocycles. The molecule has 0 aliphatic rings. The fourth-order valence-corrected chi connectivity index (χ4v) is 4.88. The van der Waals surface area contributed by atoms with Crippen LogP contribution in [-0.4, -0.2) is 55.4 Å². The van der Waals surface area contributed by atoms with Gasteiger partial charge in [-0.3, -0.25) is 19.5 Å². The van der Waals surface area contributed by atoms with Crippen LogP contribution in [0.3, 0.4) is 0 Å². The topological polar surface area (TPSA) is 195 Å². The quantitative estimate of drug-likeness (QED) is 0.180. The zero-order valence-electron chi connectivity index (χ0n) is 21.4. The fraction of sp³-hybridized carbons (Fsp3) is 0.115. The lowest BCUT2D eigenvalue weighted by molar-refractivity contribution is -0.119. The Morgan fingerprint density at radius 1 is 1.12 bits per heavy atom. The highest BCUT2D eigenvalue weighted by Crippen LogP contribution is 2.36. The Morgan fingerprint density at radius 3 is 2.56 bits per heavy atom. The summed E-state index contributed by atoms with van der Waals surface area (Å²) in [7, 11) is 0. The number of nitrogens with two attached hydrogens (primary N) is 2. The van der Waals surface area contributed by atoms with Crippen molar-refractivity contribution in [2.75, 3.05) is 22.6 Å². The number of carbonyl (C=O) groups excluding carboxylic acids is 3.